The molecule has 8 nitrogen and oxygen atoms in total. The molecular weight excluding hydrogens is 719 g/mol. The molecule has 2 unspecified atom stereocenters. The van der Waals surface area contributed by atoms with Gasteiger partial charge in [0.25, 0.3) is 6.47 Å². The maximum absolute atomic E-state index is 14.5. The van der Waals surface area contributed by atoms with Crippen molar-refractivity contribution in [3.8, 4) is 11.1 Å². The first-order chi connectivity index (χ1) is 25.7. The van der Waals surface area contributed by atoms with Crippen molar-refractivity contribution in [2.45, 2.75) is 51.4 Å². The quantitative estimate of drug-likeness (QED) is 0.0832. The van der Waals surface area contributed by atoms with E-state index in [1.54, 1.807) is 7.05 Å². The van der Waals surface area contributed by atoms with Crippen molar-refractivity contribution in [2.24, 2.45) is 18.9 Å². The number of aromatic nitrogens is 2. The fraction of sp³-hybridized carbons (Fsp3) is 0.341. The van der Waals surface area contributed by atoms with Crippen LogP contribution in [-0.4, -0.2) is 54.0 Å². The van der Waals surface area contributed by atoms with Crippen molar-refractivity contribution in [1.29, 1.82) is 0 Å². The molecular formula is C41H47F4N5O3S. The van der Waals surface area contributed by atoms with Gasteiger partial charge in [-0.15, -0.1) is 0 Å². The van der Waals surface area contributed by atoms with Crippen molar-refractivity contribution >= 4 is 41.9 Å². The van der Waals surface area contributed by atoms with E-state index in [1.165, 1.54) is 0 Å². The number of rotatable bonds is 8. The van der Waals surface area contributed by atoms with E-state index in [-0.39, 0.29) is 29.5 Å². The average molecular weight is 766 g/mol. The van der Waals surface area contributed by atoms with Crippen molar-refractivity contribution in [3.05, 3.63) is 119 Å². The Morgan fingerprint density at radius 1 is 1.00 bits per heavy atom. The number of carbonyl (C=O) groups is 2. The molecule has 0 spiro atoms. The molecule has 1 aliphatic rings. The smallest absolute Gasteiger partial charge is 0.416 e. The van der Waals surface area contributed by atoms with Gasteiger partial charge in [-0.1, -0.05) is 80.4 Å². The number of benzene rings is 4. The summed E-state index contributed by atoms with van der Waals surface area (Å²) in [6.45, 7) is 4.82. The van der Waals surface area contributed by atoms with Crippen LogP contribution in [0.3, 0.4) is 0 Å². The van der Waals surface area contributed by atoms with Crippen LogP contribution < -0.4 is 10.0 Å². The first-order valence-electron chi connectivity index (χ1n) is 17.5. The molecule has 1 amide bonds. The molecule has 0 radical (unpaired) electrons. The van der Waals surface area contributed by atoms with Crippen LogP contribution in [0, 0.1) is 24.6 Å². The normalized spacial score (nSPS) is 18.2. The number of alkyl halides is 3. The minimum absolute atomic E-state index is 0.0672. The first-order valence-corrected chi connectivity index (χ1v) is 17.9. The molecule has 0 bridgehead atoms. The van der Waals surface area contributed by atoms with Gasteiger partial charge >= 0.3 is 6.18 Å². The number of halogens is 4. The van der Waals surface area contributed by atoms with Crippen LogP contribution in [0.5, 0.6) is 0 Å². The first kappa shape index (κ1) is 42.0. The largest absolute Gasteiger partial charge is 0.463 e. The minimum atomic E-state index is -4.66. The number of nitrogens with zero attached hydrogens (tertiary/aromatic N) is 3. The Morgan fingerprint density at radius 2 is 1.65 bits per heavy atom. The highest BCUT2D eigenvalue weighted by Gasteiger charge is 2.40. The third-order valence-corrected chi connectivity index (χ3v) is 9.88. The second kappa shape index (κ2) is 19.0. The van der Waals surface area contributed by atoms with Gasteiger partial charge in [0.05, 0.1) is 22.3 Å². The lowest BCUT2D eigenvalue weighted by Gasteiger charge is -2.42. The zero-order chi connectivity index (χ0) is 39.6. The van der Waals surface area contributed by atoms with Gasteiger partial charge in [-0.25, -0.2) is 9.37 Å². The van der Waals surface area contributed by atoms with Crippen molar-refractivity contribution in [2.75, 3.05) is 26.5 Å². The van der Waals surface area contributed by atoms with Gasteiger partial charge in [-0.05, 0) is 105 Å². The highest BCUT2D eigenvalue weighted by atomic mass is 32.1. The highest BCUT2D eigenvalue weighted by Crippen LogP contribution is 2.43. The van der Waals surface area contributed by atoms with E-state index >= 15 is 0 Å². The fourth-order valence-corrected chi connectivity index (χ4v) is 6.74. The zero-order valence-corrected chi connectivity index (χ0v) is 32.1. The molecule has 54 heavy (non-hydrogen) atoms. The van der Waals surface area contributed by atoms with E-state index < -0.39 is 23.5 Å². The summed E-state index contributed by atoms with van der Waals surface area (Å²) in [4.78, 5) is 29.9. The molecule has 1 aliphatic carbocycles. The summed E-state index contributed by atoms with van der Waals surface area (Å²) < 4.78 is 62.4. The van der Waals surface area contributed by atoms with Gasteiger partial charge in [0.2, 0.25) is 5.91 Å². The third-order valence-electron chi connectivity index (χ3n) is 9.88. The molecule has 0 saturated heterocycles. The minimum Gasteiger partial charge on any atom is -0.463 e. The molecule has 13 heteroatoms. The number of fused-ring (bicyclic) bond motifs is 1. The number of amides is 1. The summed E-state index contributed by atoms with van der Waals surface area (Å²) in [5.74, 6) is -0.983. The summed E-state index contributed by atoms with van der Waals surface area (Å²) >= 11 is 3.54. The van der Waals surface area contributed by atoms with E-state index in [0.717, 1.165) is 57.7 Å². The van der Waals surface area contributed by atoms with Crippen LogP contribution in [0.2, 0.25) is 0 Å². The number of anilines is 1. The lowest BCUT2D eigenvalue weighted by molar-refractivity contribution is -0.137. The molecule has 1 heterocycles. The second-order valence-corrected chi connectivity index (χ2v) is 13.9. The monoisotopic (exact) mass is 765 g/mol. The van der Waals surface area contributed by atoms with Gasteiger partial charge in [-0.2, -0.15) is 13.2 Å². The van der Waals surface area contributed by atoms with Gasteiger partial charge in [0.1, 0.15) is 18.2 Å². The molecule has 4 atom stereocenters. The molecule has 1 aromatic heterocycles. The maximum Gasteiger partial charge on any atom is 0.416 e. The van der Waals surface area contributed by atoms with Gasteiger partial charge in [0, 0.05) is 19.0 Å². The molecule has 0 aliphatic heterocycles. The molecule has 5 aromatic rings. The fourth-order valence-electron chi connectivity index (χ4n) is 6.74. The van der Waals surface area contributed by atoms with E-state index in [1.807, 2.05) is 65.3 Å². The predicted molar refractivity (Wildman–Crippen MR) is 208 cm³/mol. The lowest BCUT2D eigenvalue weighted by atomic mass is 9.67. The van der Waals surface area contributed by atoms with E-state index in [9.17, 15) is 27.2 Å². The zero-order valence-electron chi connectivity index (χ0n) is 31.2. The number of aryl methyl sites for hydroxylation is 2. The molecule has 2 N–H and O–H groups in total. The van der Waals surface area contributed by atoms with E-state index in [4.69, 9.17) is 0 Å². The van der Waals surface area contributed by atoms with Crippen LogP contribution in [0.15, 0.2) is 91.0 Å². The number of nitrogens with one attached hydrogen (secondary N) is 2. The van der Waals surface area contributed by atoms with Crippen molar-refractivity contribution in [3.63, 3.8) is 0 Å². The van der Waals surface area contributed by atoms with Crippen LogP contribution in [0.4, 0.5) is 23.2 Å². The number of ether oxygens (including phenoxy) is 1. The number of hydrogen-bond acceptors (Lipinski definition) is 7. The van der Waals surface area contributed by atoms with Crippen LogP contribution in [0.1, 0.15) is 48.2 Å². The number of thiol groups is 1. The molecule has 4 aromatic carbocycles. The van der Waals surface area contributed by atoms with Crippen molar-refractivity contribution in [1.82, 2.24) is 19.2 Å². The van der Waals surface area contributed by atoms with E-state index in [2.05, 4.69) is 84.5 Å². The highest BCUT2D eigenvalue weighted by molar-refractivity contribution is 7.78. The van der Waals surface area contributed by atoms with Gasteiger partial charge in [0.15, 0.2) is 0 Å². The SMILES string of the molecule is CNS.Cc1nc2cc(-c3ccc(C4C[C@H](N(C)C)CC(C(=O)Nc5ccc(C(F)(F)F)cc5F)[C@@H]4C)cc3)ccc2n1C.O=COCc1ccccc1. The second-order valence-electron chi connectivity index (χ2n) is 13.5. The Balaban J connectivity index is 0.000000425. The Hall–Kier alpha value is -4.72. The van der Waals surface area contributed by atoms with Crippen molar-refractivity contribution < 1.29 is 31.9 Å². The molecule has 1 saturated carbocycles. The summed E-state index contributed by atoms with van der Waals surface area (Å²) in [7, 11) is 7.68. The summed E-state index contributed by atoms with van der Waals surface area (Å²) in [5, 5.41) is 2.56. The van der Waals surface area contributed by atoms with Crippen LogP contribution in [-0.2, 0) is 34.2 Å². The topological polar surface area (TPSA) is 88.5 Å². The lowest BCUT2D eigenvalue weighted by Crippen LogP contribution is -2.44. The van der Waals surface area contributed by atoms with Gasteiger partial charge < -0.3 is 19.5 Å². The third kappa shape index (κ3) is 10.7. The summed E-state index contributed by atoms with van der Waals surface area (Å²) in [6, 6.07) is 26.5. The van der Waals surface area contributed by atoms with Crippen LogP contribution in [0.25, 0.3) is 22.2 Å². The maximum atomic E-state index is 14.5. The Kier molecular flexibility index (Phi) is 14.8. The Bertz CT molecular complexity index is 1990. The van der Waals surface area contributed by atoms with Gasteiger partial charge in [-0.3, -0.25) is 14.3 Å². The molecule has 6 rings (SSSR count). The summed E-state index contributed by atoms with van der Waals surface area (Å²) in [5.41, 5.74) is 4.94. The molecule has 1 fully saturated rings. The standard InChI is InChI=1S/C32H34F4N4O.C8H8O2.CH5NS/c1-18-25(21-8-6-20(7-9-21)22-10-13-30-29(14-22)37-19(2)40(30)5)16-24(39(3)4)17-26(18)31(41)38-28-12-11-23(15-27(28)33)32(34,35)36;9-7-10-6-8-4-2-1-3-5-8;1-2-3/h6-15,18,24-26H,16-17H2,1-5H3,(H,38,41);1-5,7H,6H2;2-3H,1H3/t18-,24+,25?,26?;;/m1../s1. The number of hydrogen-bond donors (Lipinski definition) is 3. The predicted octanol–water partition coefficient (Wildman–Crippen LogP) is 8.82. The number of imidazole rings is 1. The Morgan fingerprint density at radius 3 is 2.24 bits per heavy atom. The Labute approximate surface area is 319 Å². The average Bonchev–Trinajstić information content (AvgIpc) is 3.43. The molecule has 288 valence electrons. The number of carbonyl (C=O) groups excluding carboxylic acids is 2. The van der Waals surface area contributed by atoms with Crippen LogP contribution >= 0.6 is 12.8 Å². The summed E-state index contributed by atoms with van der Waals surface area (Å²) in [6.07, 6.45) is -3.24. The van der Waals surface area contributed by atoms with E-state index in [0.29, 0.717) is 25.6 Å².